The van der Waals surface area contributed by atoms with Gasteiger partial charge >= 0.3 is 0 Å². The lowest BCUT2D eigenvalue weighted by molar-refractivity contribution is 0.425. The number of hydrogen-bond donors (Lipinski definition) is 2. The van der Waals surface area contributed by atoms with Gasteiger partial charge in [-0.25, -0.2) is 4.98 Å². The van der Waals surface area contributed by atoms with Crippen LogP contribution >= 0.6 is 0 Å². The molecule has 6 nitrogen and oxygen atoms in total. The fourth-order valence-corrected chi connectivity index (χ4v) is 1.30. The Morgan fingerprint density at radius 1 is 1.47 bits per heavy atom. The molecule has 0 amide bonds. The lowest BCUT2D eigenvalue weighted by atomic mass is 10.4. The van der Waals surface area contributed by atoms with E-state index in [1.807, 2.05) is 14.1 Å². The first-order chi connectivity index (χ1) is 7.27. The lowest BCUT2D eigenvalue weighted by Crippen LogP contribution is -2.21. The number of likely N-dealkylation sites (N-methyl/N-ethyl adjacent to an activating group) is 1. The van der Waals surface area contributed by atoms with Crippen LogP contribution in [-0.4, -0.2) is 52.3 Å². The molecule has 0 unspecified atom stereocenters. The summed E-state index contributed by atoms with van der Waals surface area (Å²) in [5.41, 5.74) is 1.74. The first-order valence-electron chi connectivity index (χ1n) is 4.81. The zero-order chi connectivity index (χ0) is 10.7. The summed E-state index contributed by atoms with van der Waals surface area (Å²) >= 11 is 0. The fourth-order valence-electron chi connectivity index (χ4n) is 1.30. The van der Waals surface area contributed by atoms with Crippen LogP contribution in [0.5, 0.6) is 0 Å². The molecule has 2 N–H and O–H groups in total. The number of aromatic amines is 1. The SMILES string of the molecule is CN(C)CCNc1nncc2[nH]cnc12. The summed E-state index contributed by atoms with van der Waals surface area (Å²) in [5, 5.41) is 11.1. The average Bonchev–Trinajstić information content (AvgIpc) is 2.65. The van der Waals surface area contributed by atoms with Gasteiger partial charge in [0.15, 0.2) is 5.82 Å². The van der Waals surface area contributed by atoms with Gasteiger partial charge in [0.25, 0.3) is 0 Å². The van der Waals surface area contributed by atoms with Gasteiger partial charge < -0.3 is 15.2 Å². The molecule has 0 bridgehead atoms. The van der Waals surface area contributed by atoms with Crippen molar-refractivity contribution in [2.24, 2.45) is 0 Å². The second kappa shape index (κ2) is 4.22. The van der Waals surface area contributed by atoms with Crippen LogP contribution in [0.4, 0.5) is 5.82 Å². The molecule has 80 valence electrons. The van der Waals surface area contributed by atoms with E-state index in [4.69, 9.17) is 0 Å². The number of imidazole rings is 1. The van der Waals surface area contributed by atoms with Crippen LogP contribution in [0.25, 0.3) is 11.0 Å². The molecule has 0 aliphatic carbocycles. The highest BCUT2D eigenvalue weighted by molar-refractivity contribution is 5.84. The van der Waals surface area contributed by atoms with Crippen LogP contribution in [-0.2, 0) is 0 Å². The number of nitrogens with zero attached hydrogens (tertiary/aromatic N) is 4. The number of H-pyrrole nitrogens is 1. The summed E-state index contributed by atoms with van der Waals surface area (Å²) in [6.45, 7) is 1.77. The summed E-state index contributed by atoms with van der Waals surface area (Å²) in [6, 6.07) is 0. The quantitative estimate of drug-likeness (QED) is 0.754. The van der Waals surface area contributed by atoms with Crippen LogP contribution in [0.3, 0.4) is 0 Å². The van der Waals surface area contributed by atoms with Gasteiger partial charge in [0.1, 0.15) is 5.52 Å². The van der Waals surface area contributed by atoms with Crippen LogP contribution in [0, 0.1) is 0 Å². The van der Waals surface area contributed by atoms with Crippen molar-refractivity contribution >= 4 is 16.9 Å². The Labute approximate surface area is 87.7 Å². The molecule has 0 fully saturated rings. The molecule has 0 aliphatic heterocycles. The summed E-state index contributed by atoms with van der Waals surface area (Å²) < 4.78 is 0. The van der Waals surface area contributed by atoms with Crippen molar-refractivity contribution < 1.29 is 0 Å². The van der Waals surface area contributed by atoms with Crippen molar-refractivity contribution in [3.8, 4) is 0 Å². The number of anilines is 1. The average molecular weight is 206 g/mol. The lowest BCUT2D eigenvalue weighted by Gasteiger charge is -2.10. The van der Waals surface area contributed by atoms with Crippen LogP contribution < -0.4 is 5.32 Å². The van der Waals surface area contributed by atoms with Gasteiger partial charge in [-0.15, -0.1) is 5.10 Å². The van der Waals surface area contributed by atoms with E-state index < -0.39 is 0 Å². The number of nitrogens with one attached hydrogen (secondary N) is 2. The zero-order valence-electron chi connectivity index (χ0n) is 8.86. The second-order valence-electron chi connectivity index (χ2n) is 3.59. The Morgan fingerprint density at radius 3 is 3.13 bits per heavy atom. The molecule has 6 heteroatoms. The minimum atomic E-state index is 0.732. The molecular weight excluding hydrogens is 192 g/mol. The highest BCUT2D eigenvalue weighted by atomic mass is 15.2. The maximum absolute atomic E-state index is 4.18. The molecule has 0 radical (unpaired) electrons. The Kier molecular flexibility index (Phi) is 2.77. The molecule has 2 heterocycles. The predicted molar refractivity (Wildman–Crippen MR) is 58.7 cm³/mol. The maximum Gasteiger partial charge on any atom is 0.176 e. The minimum absolute atomic E-state index is 0.732. The van der Waals surface area contributed by atoms with E-state index in [0.29, 0.717) is 0 Å². The van der Waals surface area contributed by atoms with Gasteiger partial charge in [-0.05, 0) is 14.1 Å². The minimum Gasteiger partial charge on any atom is -0.365 e. The molecule has 0 saturated carbocycles. The fraction of sp³-hybridized carbons (Fsp3) is 0.444. The Hall–Kier alpha value is -1.69. The summed E-state index contributed by atoms with van der Waals surface area (Å²) in [6.07, 6.45) is 3.31. The molecule has 2 aromatic heterocycles. The summed E-state index contributed by atoms with van der Waals surface area (Å²) in [4.78, 5) is 9.28. The monoisotopic (exact) mass is 206 g/mol. The number of hydrogen-bond acceptors (Lipinski definition) is 5. The molecule has 15 heavy (non-hydrogen) atoms. The molecule has 2 rings (SSSR count). The van der Waals surface area contributed by atoms with Crippen LogP contribution in [0.1, 0.15) is 0 Å². The first kappa shape index (κ1) is 9.85. The van der Waals surface area contributed by atoms with Crippen LogP contribution in [0.15, 0.2) is 12.5 Å². The van der Waals surface area contributed by atoms with Crippen molar-refractivity contribution in [1.82, 2.24) is 25.1 Å². The highest BCUT2D eigenvalue weighted by Crippen LogP contribution is 2.14. The predicted octanol–water partition coefficient (Wildman–Crippen LogP) is 0.326. The van der Waals surface area contributed by atoms with E-state index in [1.54, 1.807) is 12.5 Å². The molecule has 0 spiro atoms. The third kappa shape index (κ3) is 2.21. The first-order valence-corrected chi connectivity index (χ1v) is 4.81. The molecule has 0 aliphatic rings. The number of fused-ring (bicyclic) bond motifs is 1. The third-order valence-corrected chi connectivity index (χ3v) is 2.09. The zero-order valence-corrected chi connectivity index (χ0v) is 8.86. The molecule has 2 aromatic rings. The standard InChI is InChI=1S/C9H14N6/c1-15(2)4-3-10-9-8-7(5-13-14-9)11-6-12-8/h5-6H,3-4H2,1-2H3,(H,10,14)(H,11,12). The van der Waals surface area contributed by atoms with Gasteiger partial charge in [-0.3, -0.25) is 0 Å². The van der Waals surface area contributed by atoms with E-state index >= 15 is 0 Å². The Balaban J connectivity index is 2.10. The van der Waals surface area contributed by atoms with Gasteiger partial charge in [0.2, 0.25) is 0 Å². The maximum atomic E-state index is 4.18. The summed E-state index contributed by atoms with van der Waals surface area (Å²) in [7, 11) is 4.06. The highest BCUT2D eigenvalue weighted by Gasteiger charge is 2.04. The Morgan fingerprint density at radius 2 is 2.33 bits per heavy atom. The van der Waals surface area contributed by atoms with Crippen molar-refractivity contribution in [1.29, 1.82) is 0 Å². The van der Waals surface area contributed by atoms with E-state index in [9.17, 15) is 0 Å². The van der Waals surface area contributed by atoms with Gasteiger partial charge in [-0.1, -0.05) is 0 Å². The smallest absolute Gasteiger partial charge is 0.176 e. The van der Waals surface area contributed by atoms with Crippen molar-refractivity contribution in [2.75, 3.05) is 32.5 Å². The normalized spacial score (nSPS) is 11.1. The molecule has 0 atom stereocenters. The van der Waals surface area contributed by atoms with E-state index in [0.717, 1.165) is 29.9 Å². The second-order valence-corrected chi connectivity index (χ2v) is 3.59. The Bertz CT molecular complexity index is 435. The van der Waals surface area contributed by atoms with Crippen LogP contribution in [0.2, 0.25) is 0 Å². The van der Waals surface area contributed by atoms with E-state index in [2.05, 4.69) is 30.4 Å². The topological polar surface area (TPSA) is 69.7 Å². The largest absolute Gasteiger partial charge is 0.365 e. The van der Waals surface area contributed by atoms with Crippen molar-refractivity contribution in [3.05, 3.63) is 12.5 Å². The molecular formula is C9H14N6. The third-order valence-electron chi connectivity index (χ3n) is 2.09. The van der Waals surface area contributed by atoms with Gasteiger partial charge in [0, 0.05) is 13.1 Å². The molecule has 0 aromatic carbocycles. The van der Waals surface area contributed by atoms with Crippen molar-refractivity contribution in [2.45, 2.75) is 0 Å². The van der Waals surface area contributed by atoms with Gasteiger partial charge in [0.05, 0.1) is 18.0 Å². The number of aromatic nitrogens is 4. The number of rotatable bonds is 4. The van der Waals surface area contributed by atoms with E-state index in [1.165, 1.54) is 0 Å². The van der Waals surface area contributed by atoms with Crippen molar-refractivity contribution in [3.63, 3.8) is 0 Å². The summed E-state index contributed by atoms with van der Waals surface area (Å²) in [5.74, 6) is 0.732. The molecule has 0 saturated heterocycles. The van der Waals surface area contributed by atoms with E-state index in [-0.39, 0.29) is 0 Å². The van der Waals surface area contributed by atoms with Gasteiger partial charge in [-0.2, -0.15) is 5.10 Å².